The Morgan fingerprint density at radius 2 is 2.27 bits per heavy atom. The zero-order valence-electron chi connectivity index (χ0n) is 12.0. The Morgan fingerprint density at radius 3 is 3.00 bits per heavy atom. The van der Waals surface area contributed by atoms with Crippen LogP contribution in [-0.4, -0.2) is 29.8 Å². The van der Waals surface area contributed by atoms with Gasteiger partial charge in [0.05, 0.1) is 30.0 Å². The molecule has 3 rings (SSSR count). The Bertz CT molecular complexity index is 811. The molecule has 7 nitrogen and oxygen atoms in total. The van der Waals surface area contributed by atoms with Gasteiger partial charge in [-0.15, -0.1) is 0 Å². The SMILES string of the molecule is CCOc1ccc2nc(NC(=O)c3cc(OC)no3)sc2c1. The quantitative estimate of drug-likeness (QED) is 0.778. The van der Waals surface area contributed by atoms with Crippen LogP contribution in [0.4, 0.5) is 5.13 Å². The number of nitrogens with one attached hydrogen (secondary N) is 1. The lowest BCUT2D eigenvalue weighted by atomic mass is 10.3. The highest BCUT2D eigenvalue weighted by Crippen LogP contribution is 2.29. The molecule has 0 aliphatic rings. The summed E-state index contributed by atoms with van der Waals surface area (Å²) in [5.74, 6) is 0.651. The monoisotopic (exact) mass is 319 g/mol. The Morgan fingerprint density at radius 1 is 1.41 bits per heavy atom. The van der Waals surface area contributed by atoms with Gasteiger partial charge in [-0.3, -0.25) is 10.1 Å². The fourth-order valence-corrected chi connectivity index (χ4v) is 2.73. The number of rotatable bonds is 5. The van der Waals surface area contributed by atoms with E-state index in [-0.39, 0.29) is 11.6 Å². The molecule has 1 amide bonds. The maximum atomic E-state index is 12.0. The molecule has 1 N–H and O–H groups in total. The number of ether oxygens (including phenoxy) is 2. The molecule has 1 aromatic carbocycles. The summed E-state index contributed by atoms with van der Waals surface area (Å²) < 4.78 is 16.1. The molecule has 0 aliphatic heterocycles. The maximum absolute atomic E-state index is 12.0. The standard InChI is InChI=1S/C14H13N3O4S/c1-3-20-8-4-5-9-11(6-8)22-14(15-9)16-13(18)10-7-12(19-2)17-21-10/h4-7H,3H2,1-2H3,(H,15,16,18). The lowest BCUT2D eigenvalue weighted by Crippen LogP contribution is -2.10. The molecule has 0 saturated carbocycles. The molecule has 0 fully saturated rings. The van der Waals surface area contributed by atoms with Crippen molar-refractivity contribution in [2.45, 2.75) is 6.92 Å². The van der Waals surface area contributed by atoms with Crippen LogP contribution in [0.3, 0.4) is 0 Å². The first kappa shape index (κ1) is 14.3. The van der Waals surface area contributed by atoms with Crippen LogP contribution in [0, 0.1) is 0 Å². The summed E-state index contributed by atoms with van der Waals surface area (Å²) in [6, 6.07) is 7.00. The van der Waals surface area contributed by atoms with Crippen LogP contribution in [0.5, 0.6) is 11.6 Å². The van der Waals surface area contributed by atoms with E-state index in [1.165, 1.54) is 24.5 Å². The van der Waals surface area contributed by atoms with Crippen molar-refractivity contribution in [2.24, 2.45) is 0 Å². The van der Waals surface area contributed by atoms with Crippen molar-refractivity contribution in [3.63, 3.8) is 0 Å². The number of fused-ring (bicyclic) bond motifs is 1. The van der Waals surface area contributed by atoms with Gasteiger partial charge in [0.15, 0.2) is 5.13 Å². The van der Waals surface area contributed by atoms with Crippen LogP contribution in [0.25, 0.3) is 10.2 Å². The number of carbonyl (C=O) groups is 1. The van der Waals surface area contributed by atoms with Gasteiger partial charge in [0.2, 0.25) is 5.76 Å². The van der Waals surface area contributed by atoms with E-state index in [2.05, 4.69) is 15.5 Å². The molecule has 0 bridgehead atoms. The smallest absolute Gasteiger partial charge is 0.296 e. The summed E-state index contributed by atoms with van der Waals surface area (Å²) in [4.78, 5) is 16.4. The Balaban J connectivity index is 1.79. The number of benzene rings is 1. The van der Waals surface area contributed by atoms with E-state index >= 15 is 0 Å². The van der Waals surface area contributed by atoms with Crippen molar-refractivity contribution in [3.8, 4) is 11.6 Å². The zero-order chi connectivity index (χ0) is 15.5. The average Bonchev–Trinajstić information content (AvgIpc) is 3.12. The van der Waals surface area contributed by atoms with E-state index in [1.807, 2.05) is 25.1 Å². The van der Waals surface area contributed by atoms with Gasteiger partial charge >= 0.3 is 0 Å². The van der Waals surface area contributed by atoms with Gasteiger partial charge in [-0.1, -0.05) is 11.3 Å². The average molecular weight is 319 g/mol. The number of nitrogens with zero attached hydrogens (tertiary/aromatic N) is 2. The number of methoxy groups -OCH3 is 1. The van der Waals surface area contributed by atoms with Crippen molar-refractivity contribution in [1.82, 2.24) is 10.1 Å². The second kappa shape index (κ2) is 6.02. The van der Waals surface area contributed by atoms with Crippen molar-refractivity contribution < 1.29 is 18.8 Å². The molecule has 2 aromatic heterocycles. The summed E-state index contributed by atoms with van der Waals surface area (Å²) in [5, 5.41) is 6.73. The minimum atomic E-state index is -0.431. The van der Waals surface area contributed by atoms with Gasteiger partial charge in [-0.25, -0.2) is 4.98 Å². The Kier molecular flexibility index (Phi) is 3.92. The number of carbonyl (C=O) groups excluding carboxylic acids is 1. The molecule has 0 atom stereocenters. The van der Waals surface area contributed by atoms with Crippen LogP contribution >= 0.6 is 11.3 Å². The fraction of sp³-hybridized carbons (Fsp3) is 0.214. The second-order valence-electron chi connectivity index (χ2n) is 4.27. The van der Waals surface area contributed by atoms with Crippen LogP contribution in [0.15, 0.2) is 28.8 Å². The third-order valence-electron chi connectivity index (χ3n) is 2.81. The second-order valence-corrected chi connectivity index (χ2v) is 5.30. The van der Waals surface area contributed by atoms with Crippen LogP contribution in [0.1, 0.15) is 17.5 Å². The largest absolute Gasteiger partial charge is 0.494 e. The summed E-state index contributed by atoms with van der Waals surface area (Å²) in [5.41, 5.74) is 0.791. The zero-order valence-corrected chi connectivity index (χ0v) is 12.8. The molecule has 0 saturated heterocycles. The number of amides is 1. The lowest BCUT2D eigenvalue weighted by Gasteiger charge is -2.00. The maximum Gasteiger partial charge on any atom is 0.296 e. The highest BCUT2D eigenvalue weighted by atomic mass is 32.1. The molecule has 3 aromatic rings. The number of aromatic nitrogens is 2. The molecule has 0 spiro atoms. The van der Waals surface area contributed by atoms with Gasteiger partial charge in [0.1, 0.15) is 5.75 Å². The normalized spacial score (nSPS) is 10.6. The Hall–Kier alpha value is -2.61. The molecule has 0 unspecified atom stereocenters. The van der Waals surface area contributed by atoms with E-state index < -0.39 is 5.91 Å². The third-order valence-corrected chi connectivity index (χ3v) is 3.75. The fourth-order valence-electron chi connectivity index (χ4n) is 1.84. The number of thiazole rings is 1. The van der Waals surface area contributed by atoms with E-state index in [4.69, 9.17) is 14.0 Å². The van der Waals surface area contributed by atoms with Crippen molar-refractivity contribution >= 4 is 32.6 Å². The molecular formula is C14H13N3O4S. The van der Waals surface area contributed by atoms with Crippen LogP contribution < -0.4 is 14.8 Å². The molecule has 0 radical (unpaired) electrons. The van der Waals surface area contributed by atoms with Crippen molar-refractivity contribution in [1.29, 1.82) is 0 Å². The predicted octanol–water partition coefficient (Wildman–Crippen LogP) is 2.94. The minimum absolute atomic E-state index is 0.0612. The third kappa shape index (κ3) is 2.86. The van der Waals surface area contributed by atoms with E-state index in [9.17, 15) is 4.79 Å². The molecule has 0 aliphatic carbocycles. The van der Waals surface area contributed by atoms with Crippen molar-refractivity contribution in [3.05, 3.63) is 30.0 Å². The van der Waals surface area contributed by atoms with Gasteiger partial charge < -0.3 is 14.0 Å². The molecule has 22 heavy (non-hydrogen) atoms. The summed E-state index contributed by atoms with van der Waals surface area (Å²) in [6.45, 7) is 2.52. The molecular weight excluding hydrogens is 306 g/mol. The van der Waals surface area contributed by atoms with Gasteiger partial charge in [0.25, 0.3) is 11.8 Å². The lowest BCUT2D eigenvalue weighted by molar-refractivity contribution is 0.0987. The molecule has 114 valence electrons. The van der Waals surface area contributed by atoms with E-state index in [1.54, 1.807) is 0 Å². The van der Waals surface area contributed by atoms with Crippen LogP contribution in [-0.2, 0) is 0 Å². The first-order valence-electron chi connectivity index (χ1n) is 6.55. The highest BCUT2D eigenvalue weighted by molar-refractivity contribution is 7.22. The van der Waals surface area contributed by atoms with Crippen LogP contribution in [0.2, 0.25) is 0 Å². The first-order chi connectivity index (χ1) is 10.7. The van der Waals surface area contributed by atoms with Gasteiger partial charge in [0, 0.05) is 0 Å². The van der Waals surface area contributed by atoms with Crippen molar-refractivity contribution in [2.75, 3.05) is 19.0 Å². The number of hydrogen-bond donors (Lipinski definition) is 1. The minimum Gasteiger partial charge on any atom is -0.494 e. The summed E-state index contributed by atoms with van der Waals surface area (Å²) in [6.07, 6.45) is 0. The van der Waals surface area contributed by atoms with E-state index in [0.29, 0.717) is 11.7 Å². The summed E-state index contributed by atoms with van der Waals surface area (Å²) >= 11 is 1.36. The molecule has 2 heterocycles. The number of hydrogen-bond acceptors (Lipinski definition) is 7. The summed E-state index contributed by atoms with van der Waals surface area (Å²) in [7, 11) is 1.45. The van der Waals surface area contributed by atoms with E-state index in [0.717, 1.165) is 16.0 Å². The predicted molar refractivity (Wildman–Crippen MR) is 81.8 cm³/mol. The topological polar surface area (TPSA) is 86.5 Å². The van der Waals surface area contributed by atoms with Gasteiger partial charge in [-0.05, 0) is 30.3 Å². The highest BCUT2D eigenvalue weighted by Gasteiger charge is 2.15. The molecule has 8 heteroatoms. The number of anilines is 1. The van der Waals surface area contributed by atoms with Gasteiger partial charge in [-0.2, -0.15) is 0 Å². The first-order valence-corrected chi connectivity index (χ1v) is 7.36. The Labute approximate surface area is 129 Å².